The third-order valence-corrected chi connectivity index (χ3v) is 5.23. The quantitative estimate of drug-likeness (QED) is 0.237. The molecule has 3 rings (SSSR count). The number of benzene rings is 3. The van der Waals surface area contributed by atoms with Gasteiger partial charge >= 0.3 is 11.8 Å². The number of methoxy groups -OCH3 is 1. The molecule has 176 valence electrons. The molecule has 0 heterocycles. The molecule has 3 aromatic rings. The van der Waals surface area contributed by atoms with Crippen molar-refractivity contribution in [3.63, 3.8) is 0 Å². The van der Waals surface area contributed by atoms with Crippen molar-refractivity contribution in [2.45, 2.75) is 13.5 Å². The van der Waals surface area contributed by atoms with Crippen LogP contribution in [-0.4, -0.2) is 24.6 Å². The first-order chi connectivity index (χ1) is 16.2. The van der Waals surface area contributed by atoms with Gasteiger partial charge in [-0.25, -0.2) is 5.43 Å². The Labute approximate surface area is 211 Å². The van der Waals surface area contributed by atoms with E-state index >= 15 is 0 Å². The van der Waals surface area contributed by atoms with Gasteiger partial charge in [0.15, 0.2) is 11.5 Å². The molecule has 0 fully saturated rings. The molecule has 34 heavy (non-hydrogen) atoms. The highest BCUT2D eigenvalue weighted by molar-refractivity contribution is 6.40. The van der Waals surface area contributed by atoms with Gasteiger partial charge in [0.2, 0.25) is 0 Å². The van der Waals surface area contributed by atoms with Gasteiger partial charge in [-0.05, 0) is 61.0 Å². The number of nitrogens with one attached hydrogen (secondary N) is 2. The lowest BCUT2D eigenvalue weighted by Gasteiger charge is -2.12. The van der Waals surface area contributed by atoms with Crippen LogP contribution in [0.4, 0.5) is 5.69 Å². The first-order valence-electron chi connectivity index (χ1n) is 9.92. The molecule has 3 aromatic carbocycles. The van der Waals surface area contributed by atoms with Crippen molar-refractivity contribution >= 4 is 58.0 Å². The molecule has 0 bridgehead atoms. The Bertz CT molecular complexity index is 1210. The molecule has 0 aliphatic carbocycles. The van der Waals surface area contributed by atoms with E-state index in [-0.39, 0.29) is 5.69 Å². The van der Waals surface area contributed by atoms with Crippen molar-refractivity contribution in [1.29, 1.82) is 0 Å². The summed E-state index contributed by atoms with van der Waals surface area (Å²) in [5.74, 6) is -0.843. The summed E-state index contributed by atoms with van der Waals surface area (Å²) in [6, 6.07) is 17.0. The van der Waals surface area contributed by atoms with Crippen LogP contribution < -0.4 is 20.2 Å². The maximum atomic E-state index is 12.1. The molecule has 2 N–H and O–H groups in total. The molecule has 0 unspecified atom stereocenters. The minimum Gasteiger partial charge on any atom is -0.493 e. The monoisotopic (exact) mass is 519 g/mol. The second-order valence-electron chi connectivity index (χ2n) is 7.03. The summed E-state index contributed by atoms with van der Waals surface area (Å²) in [7, 11) is 1.52. The number of rotatable bonds is 7. The Kier molecular flexibility index (Phi) is 8.76. The molecule has 0 saturated heterocycles. The first kappa shape index (κ1) is 25.4. The molecule has 0 saturated carbocycles. The summed E-state index contributed by atoms with van der Waals surface area (Å²) in [4.78, 5) is 24.2. The Hall–Kier alpha value is -3.26. The SMILES string of the molecule is COc1cc(/C(C)=N/NC(=O)C(=O)Nc2cc(Cl)cc(Cl)c2)ccc1OCc1ccc(Cl)cc1. The third-order valence-electron chi connectivity index (χ3n) is 4.54. The maximum absolute atomic E-state index is 12.1. The third kappa shape index (κ3) is 7.12. The van der Waals surface area contributed by atoms with Gasteiger partial charge in [0.05, 0.1) is 12.8 Å². The second kappa shape index (κ2) is 11.7. The molecule has 10 heteroatoms. The Morgan fingerprint density at radius 1 is 0.853 bits per heavy atom. The van der Waals surface area contributed by atoms with E-state index in [0.717, 1.165) is 5.56 Å². The van der Waals surface area contributed by atoms with Crippen LogP contribution in [0.5, 0.6) is 11.5 Å². The minimum absolute atomic E-state index is 0.289. The van der Waals surface area contributed by atoms with E-state index in [0.29, 0.717) is 44.4 Å². The van der Waals surface area contributed by atoms with E-state index < -0.39 is 11.8 Å². The van der Waals surface area contributed by atoms with Crippen LogP contribution in [0, 0.1) is 0 Å². The van der Waals surface area contributed by atoms with Crippen LogP contribution in [-0.2, 0) is 16.2 Å². The number of nitrogens with zero attached hydrogens (tertiary/aromatic N) is 1. The lowest BCUT2D eigenvalue weighted by atomic mass is 10.1. The molecule has 0 aliphatic rings. The van der Waals surface area contributed by atoms with E-state index in [9.17, 15) is 9.59 Å². The molecule has 0 aromatic heterocycles. The summed E-state index contributed by atoms with van der Waals surface area (Å²) < 4.78 is 11.3. The van der Waals surface area contributed by atoms with E-state index in [1.807, 2.05) is 12.1 Å². The minimum atomic E-state index is -0.953. The van der Waals surface area contributed by atoms with Crippen LogP contribution in [0.25, 0.3) is 0 Å². The van der Waals surface area contributed by atoms with Gasteiger partial charge in [-0.15, -0.1) is 0 Å². The summed E-state index contributed by atoms with van der Waals surface area (Å²) in [5, 5.41) is 7.71. The average molecular weight is 521 g/mol. The fourth-order valence-electron chi connectivity index (χ4n) is 2.82. The molecule has 0 aliphatic heterocycles. The molecular weight excluding hydrogens is 501 g/mol. The summed E-state index contributed by atoms with van der Waals surface area (Å²) in [5.41, 5.74) is 4.58. The first-order valence-corrected chi connectivity index (χ1v) is 11.1. The van der Waals surface area contributed by atoms with Crippen LogP contribution in [0.1, 0.15) is 18.1 Å². The number of hydrogen-bond donors (Lipinski definition) is 2. The zero-order valence-corrected chi connectivity index (χ0v) is 20.5. The predicted octanol–water partition coefficient (Wildman–Crippen LogP) is 5.71. The van der Waals surface area contributed by atoms with Crippen LogP contribution >= 0.6 is 34.8 Å². The van der Waals surface area contributed by atoms with Crippen molar-refractivity contribution < 1.29 is 19.1 Å². The molecular formula is C24H20Cl3N3O4. The van der Waals surface area contributed by atoms with Gasteiger partial charge in [0.1, 0.15) is 6.61 Å². The van der Waals surface area contributed by atoms with Crippen molar-refractivity contribution in [2.24, 2.45) is 5.10 Å². The smallest absolute Gasteiger partial charge is 0.329 e. The Morgan fingerprint density at radius 3 is 2.18 bits per heavy atom. The van der Waals surface area contributed by atoms with Gasteiger partial charge in [-0.2, -0.15) is 5.10 Å². The summed E-state index contributed by atoms with van der Waals surface area (Å²) in [6.07, 6.45) is 0. The highest BCUT2D eigenvalue weighted by Gasteiger charge is 2.15. The molecule has 0 radical (unpaired) electrons. The lowest BCUT2D eigenvalue weighted by molar-refractivity contribution is -0.136. The normalized spacial score (nSPS) is 11.0. The zero-order chi connectivity index (χ0) is 24.7. The molecule has 7 nitrogen and oxygen atoms in total. The second-order valence-corrected chi connectivity index (χ2v) is 8.34. The zero-order valence-electron chi connectivity index (χ0n) is 18.2. The van der Waals surface area contributed by atoms with Gasteiger partial charge in [-0.3, -0.25) is 9.59 Å². The number of ether oxygens (including phenoxy) is 2. The average Bonchev–Trinajstić information content (AvgIpc) is 2.81. The number of carbonyl (C=O) groups is 2. The van der Waals surface area contributed by atoms with E-state index in [4.69, 9.17) is 44.3 Å². The number of carbonyl (C=O) groups excluding carboxylic acids is 2. The number of hydrazone groups is 1. The molecule has 0 atom stereocenters. The van der Waals surface area contributed by atoms with Crippen molar-refractivity contribution in [3.8, 4) is 11.5 Å². The van der Waals surface area contributed by atoms with Crippen molar-refractivity contribution in [2.75, 3.05) is 12.4 Å². The van der Waals surface area contributed by atoms with Crippen LogP contribution in [0.15, 0.2) is 65.8 Å². The van der Waals surface area contributed by atoms with E-state index in [1.54, 1.807) is 37.3 Å². The van der Waals surface area contributed by atoms with E-state index in [2.05, 4.69) is 15.8 Å². The highest BCUT2D eigenvalue weighted by Crippen LogP contribution is 2.29. The van der Waals surface area contributed by atoms with Gasteiger partial charge in [0, 0.05) is 26.3 Å². The fourth-order valence-corrected chi connectivity index (χ4v) is 3.47. The highest BCUT2D eigenvalue weighted by atomic mass is 35.5. The number of hydrogen-bond acceptors (Lipinski definition) is 5. The molecule has 0 spiro atoms. The standard InChI is InChI=1S/C24H20Cl3N3O4/c1-14(29-30-24(32)23(31)28-20-11-18(26)10-19(27)12-20)16-5-8-21(22(9-16)33-2)34-13-15-3-6-17(25)7-4-15/h3-12H,13H2,1-2H3,(H,28,31)(H,30,32)/b29-14+. The molecule has 2 amide bonds. The van der Waals surface area contributed by atoms with Gasteiger partial charge in [-0.1, -0.05) is 46.9 Å². The van der Waals surface area contributed by atoms with E-state index in [1.165, 1.54) is 25.3 Å². The lowest BCUT2D eigenvalue weighted by Crippen LogP contribution is -2.32. The topological polar surface area (TPSA) is 89.0 Å². The van der Waals surface area contributed by atoms with Crippen LogP contribution in [0.2, 0.25) is 15.1 Å². The Balaban J connectivity index is 1.62. The van der Waals surface area contributed by atoms with Crippen LogP contribution in [0.3, 0.4) is 0 Å². The maximum Gasteiger partial charge on any atom is 0.329 e. The van der Waals surface area contributed by atoms with Crippen molar-refractivity contribution in [3.05, 3.63) is 86.9 Å². The Morgan fingerprint density at radius 2 is 1.53 bits per heavy atom. The summed E-state index contributed by atoms with van der Waals surface area (Å²) in [6.45, 7) is 2.01. The van der Waals surface area contributed by atoms with Gasteiger partial charge < -0.3 is 14.8 Å². The largest absolute Gasteiger partial charge is 0.493 e. The summed E-state index contributed by atoms with van der Waals surface area (Å²) >= 11 is 17.7. The van der Waals surface area contributed by atoms with Gasteiger partial charge in [0.25, 0.3) is 0 Å². The predicted molar refractivity (Wildman–Crippen MR) is 134 cm³/mol. The number of anilines is 1. The number of halogens is 3. The van der Waals surface area contributed by atoms with Crippen molar-refractivity contribution in [1.82, 2.24) is 5.43 Å². The number of amides is 2. The fraction of sp³-hybridized carbons (Fsp3) is 0.125.